The number of carbonyl (C=O) groups is 3. The fourth-order valence-corrected chi connectivity index (χ4v) is 6.78. The minimum absolute atomic E-state index is 0.0859. The van der Waals surface area contributed by atoms with E-state index in [0.29, 0.717) is 19.3 Å². The number of ether oxygens (including phenoxy) is 2. The van der Waals surface area contributed by atoms with Gasteiger partial charge in [0.25, 0.3) is 0 Å². The van der Waals surface area contributed by atoms with Crippen LogP contribution in [0.1, 0.15) is 194 Å². The standard InChI is InChI=1S/C46H82NO10P/c1-3-5-7-9-11-13-15-17-18-19-20-21-22-23-24-26-28-30-32-34-36-38-45(49)57-42(40-55-58(52,53)56-41-43(47)46(50)51)39-54-44(48)37-35-33-31-29-27-25-16-14-12-10-8-6-4-2/h18-19,21-22,24,26,30,32,42-43H,3-17,20,23,25,27-29,31,33-41,47H2,1-2H3,(H,50,51)(H,52,53)/b19-18+,22-21+,26-24+,32-30+/t42-,43-/m0/s1. The van der Waals surface area contributed by atoms with E-state index in [9.17, 15) is 23.8 Å². The Kier molecular flexibility index (Phi) is 39.4. The molecule has 0 aliphatic carbocycles. The van der Waals surface area contributed by atoms with Crippen molar-refractivity contribution in [1.29, 1.82) is 0 Å². The summed E-state index contributed by atoms with van der Waals surface area (Å²) >= 11 is 0. The number of hydrogen-bond donors (Lipinski definition) is 3. The first kappa shape index (κ1) is 55.4. The van der Waals surface area contributed by atoms with E-state index < -0.39 is 51.1 Å². The first-order chi connectivity index (χ1) is 28.1. The predicted molar refractivity (Wildman–Crippen MR) is 235 cm³/mol. The number of nitrogens with two attached hydrogens (primary N) is 1. The van der Waals surface area contributed by atoms with Crippen LogP contribution in [-0.2, 0) is 37.5 Å². The quantitative estimate of drug-likeness (QED) is 0.0231. The molecule has 0 bridgehead atoms. The zero-order valence-electron chi connectivity index (χ0n) is 36.4. The zero-order valence-corrected chi connectivity index (χ0v) is 37.3. The minimum atomic E-state index is -4.73. The largest absolute Gasteiger partial charge is 0.480 e. The number of carboxylic acids is 1. The lowest BCUT2D eigenvalue weighted by Crippen LogP contribution is -2.34. The highest BCUT2D eigenvalue weighted by Crippen LogP contribution is 2.43. The molecule has 12 heteroatoms. The highest BCUT2D eigenvalue weighted by Gasteiger charge is 2.28. The van der Waals surface area contributed by atoms with Gasteiger partial charge in [0, 0.05) is 12.8 Å². The normalized spacial score (nSPS) is 14.1. The average molecular weight is 840 g/mol. The van der Waals surface area contributed by atoms with Gasteiger partial charge in [0.1, 0.15) is 12.6 Å². The molecule has 0 saturated carbocycles. The van der Waals surface area contributed by atoms with Crippen LogP contribution in [0.25, 0.3) is 0 Å². The first-order valence-electron chi connectivity index (χ1n) is 22.7. The van der Waals surface area contributed by atoms with E-state index in [1.807, 2.05) is 12.2 Å². The summed E-state index contributed by atoms with van der Waals surface area (Å²) in [6, 6.07) is -1.53. The van der Waals surface area contributed by atoms with Crippen molar-refractivity contribution >= 4 is 25.7 Å². The molecule has 0 fully saturated rings. The molecule has 0 saturated heterocycles. The molecule has 0 radical (unpaired) electrons. The lowest BCUT2D eigenvalue weighted by atomic mass is 10.0. The van der Waals surface area contributed by atoms with E-state index in [1.165, 1.54) is 109 Å². The lowest BCUT2D eigenvalue weighted by Gasteiger charge is -2.20. The van der Waals surface area contributed by atoms with Gasteiger partial charge in [-0.05, 0) is 51.4 Å². The smallest absolute Gasteiger partial charge is 0.472 e. The minimum Gasteiger partial charge on any atom is -0.480 e. The number of hydrogen-bond acceptors (Lipinski definition) is 9. The highest BCUT2D eigenvalue weighted by atomic mass is 31.2. The maximum Gasteiger partial charge on any atom is 0.472 e. The van der Waals surface area contributed by atoms with E-state index >= 15 is 0 Å². The lowest BCUT2D eigenvalue weighted by molar-refractivity contribution is -0.161. The second kappa shape index (κ2) is 41.2. The van der Waals surface area contributed by atoms with E-state index in [2.05, 4.69) is 54.8 Å². The molecule has 1 unspecified atom stereocenters. The Morgan fingerprint density at radius 3 is 1.41 bits per heavy atom. The van der Waals surface area contributed by atoms with Gasteiger partial charge in [0.05, 0.1) is 13.2 Å². The molecule has 0 aliphatic heterocycles. The van der Waals surface area contributed by atoms with Crippen molar-refractivity contribution in [3.63, 3.8) is 0 Å². The van der Waals surface area contributed by atoms with E-state index in [0.717, 1.165) is 38.5 Å². The van der Waals surface area contributed by atoms with Crippen molar-refractivity contribution in [2.24, 2.45) is 5.73 Å². The molecule has 0 aromatic heterocycles. The molecular weight excluding hydrogens is 757 g/mol. The maximum absolute atomic E-state index is 12.6. The Morgan fingerprint density at radius 1 is 0.534 bits per heavy atom. The summed E-state index contributed by atoms with van der Waals surface area (Å²) in [5.41, 5.74) is 5.33. The Hall–Kier alpha value is -2.56. The molecular formula is C46H82NO10P. The third kappa shape index (κ3) is 40.2. The van der Waals surface area contributed by atoms with Gasteiger partial charge in [-0.3, -0.25) is 23.4 Å². The second-order valence-corrected chi connectivity index (χ2v) is 16.6. The van der Waals surface area contributed by atoms with Gasteiger partial charge in [-0.2, -0.15) is 0 Å². The Bertz CT molecular complexity index is 1170. The summed E-state index contributed by atoms with van der Waals surface area (Å²) in [7, 11) is -4.73. The third-order valence-electron chi connectivity index (χ3n) is 9.58. The molecule has 0 rings (SSSR count). The molecule has 336 valence electrons. The Labute approximate surface area is 352 Å². The van der Waals surface area contributed by atoms with Gasteiger partial charge in [-0.1, -0.05) is 178 Å². The summed E-state index contributed by atoms with van der Waals surface area (Å²) in [4.78, 5) is 45.9. The van der Waals surface area contributed by atoms with Crippen LogP contribution in [0.4, 0.5) is 0 Å². The molecule has 58 heavy (non-hydrogen) atoms. The third-order valence-corrected chi connectivity index (χ3v) is 10.5. The van der Waals surface area contributed by atoms with E-state index in [1.54, 1.807) is 0 Å². The highest BCUT2D eigenvalue weighted by molar-refractivity contribution is 7.47. The number of phosphoric ester groups is 1. The first-order valence-corrected chi connectivity index (χ1v) is 24.2. The summed E-state index contributed by atoms with van der Waals surface area (Å²) in [6.45, 7) is 2.75. The van der Waals surface area contributed by atoms with E-state index in [-0.39, 0.29) is 19.4 Å². The molecule has 0 aliphatic rings. The van der Waals surface area contributed by atoms with Crippen LogP contribution >= 0.6 is 7.82 Å². The maximum atomic E-state index is 12.6. The van der Waals surface area contributed by atoms with E-state index in [4.69, 9.17) is 24.8 Å². The molecule has 0 aromatic carbocycles. The molecule has 0 aromatic rings. The molecule has 3 atom stereocenters. The van der Waals surface area contributed by atoms with Gasteiger partial charge < -0.3 is 25.2 Å². The van der Waals surface area contributed by atoms with Gasteiger partial charge in [0.15, 0.2) is 6.10 Å². The fourth-order valence-electron chi connectivity index (χ4n) is 6.00. The van der Waals surface area contributed by atoms with Crippen LogP contribution in [-0.4, -0.2) is 59.9 Å². The van der Waals surface area contributed by atoms with Crippen LogP contribution in [0.2, 0.25) is 0 Å². The molecule has 0 amide bonds. The van der Waals surface area contributed by atoms with Gasteiger partial charge in [-0.25, -0.2) is 4.57 Å². The molecule has 4 N–H and O–H groups in total. The molecule has 0 heterocycles. The van der Waals surface area contributed by atoms with Crippen molar-refractivity contribution in [1.82, 2.24) is 0 Å². The van der Waals surface area contributed by atoms with Crippen molar-refractivity contribution in [3.8, 4) is 0 Å². The van der Waals surface area contributed by atoms with Gasteiger partial charge in [0.2, 0.25) is 0 Å². The van der Waals surface area contributed by atoms with Crippen molar-refractivity contribution in [2.45, 2.75) is 206 Å². The van der Waals surface area contributed by atoms with Crippen LogP contribution < -0.4 is 5.73 Å². The van der Waals surface area contributed by atoms with Crippen LogP contribution in [0.3, 0.4) is 0 Å². The SMILES string of the molecule is CCCCCCCCC/C=C/C/C=C/C/C=C/C/C=C/CCCC(=O)O[C@@H](COC(=O)CCCCCCCCCCCCCCC)COP(=O)(O)OC[C@H](N)C(=O)O. The number of carboxylic acid groups (broad SMARTS) is 1. The number of phosphoric acid groups is 1. The Morgan fingerprint density at radius 2 is 0.931 bits per heavy atom. The zero-order chi connectivity index (χ0) is 42.8. The van der Waals surface area contributed by atoms with Gasteiger partial charge in [-0.15, -0.1) is 0 Å². The second-order valence-electron chi connectivity index (χ2n) is 15.2. The molecule has 11 nitrogen and oxygen atoms in total. The molecule has 0 spiro atoms. The number of unbranched alkanes of at least 4 members (excludes halogenated alkanes) is 20. The summed E-state index contributed by atoms with van der Waals surface area (Å²) in [5.74, 6) is -2.45. The average Bonchev–Trinajstić information content (AvgIpc) is 3.20. The summed E-state index contributed by atoms with van der Waals surface area (Å²) in [6.07, 6.45) is 46.1. The van der Waals surface area contributed by atoms with Gasteiger partial charge >= 0.3 is 25.7 Å². The number of aliphatic carboxylic acids is 1. The predicted octanol–water partition coefficient (Wildman–Crippen LogP) is 12.2. The summed E-state index contributed by atoms with van der Waals surface area (Å²) in [5, 5.41) is 8.89. The van der Waals surface area contributed by atoms with Crippen molar-refractivity contribution in [2.75, 3.05) is 19.8 Å². The number of allylic oxidation sites excluding steroid dienone is 8. The van der Waals surface area contributed by atoms with Crippen molar-refractivity contribution < 1.29 is 47.5 Å². The Balaban J connectivity index is 4.43. The topological polar surface area (TPSA) is 172 Å². The fraction of sp³-hybridized carbons (Fsp3) is 0.761. The van der Waals surface area contributed by atoms with Crippen LogP contribution in [0.15, 0.2) is 48.6 Å². The number of carbonyl (C=O) groups excluding carboxylic acids is 2. The summed E-state index contributed by atoms with van der Waals surface area (Å²) < 4.78 is 32.6. The number of rotatable bonds is 42. The van der Waals surface area contributed by atoms with Crippen LogP contribution in [0.5, 0.6) is 0 Å². The van der Waals surface area contributed by atoms with Crippen LogP contribution in [0, 0.1) is 0 Å². The number of esters is 2. The monoisotopic (exact) mass is 840 g/mol. The van der Waals surface area contributed by atoms with Crippen molar-refractivity contribution in [3.05, 3.63) is 48.6 Å².